The van der Waals surface area contributed by atoms with Crippen molar-refractivity contribution in [3.8, 4) is 5.75 Å². The number of halogens is 1. The van der Waals surface area contributed by atoms with Crippen molar-refractivity contribution in [2.24, 2.45) is 5.14 Å². The Morgan fingerprint density at radius 2 is 2.03 bits per heavy atom. The maximum Gasteiger partial charge on any atom is 0.238 e. The van der Waals surface area contributed by atoms with E-state index in [0.717, 1.165) is 30.5 Å². The molecule has 4 N–H and O–H groups in total. The zero-order valence-electron chi connectivity index (χ0n) is 19.8. The molecule has 0 unspecified atom stereocenters. The molecule has 0 amide bonds. The number of benzene rings is 1. The van der Waals surface area contributed by atoms with E-state index in [1.165, 1.54) is 12.1 Å². The van der Waals surface area contributed by atoms with Gasteiger partial charge in [0.15, 0.2) is 11.6 Å². The number of aliphatic hydroxyl groups is 1. The van der Waals surface area contributed by atoms with Gasteiger partial charge in [0.2, 0.25) is 10.0 Å². The summed E-state index contributed by atoms with van der Waals surface area (Å²) in [7, 11) is -3.97. The highest BCUT2D eigenvalue weighted by molar-refractivity contribution is 7.89. The van der Waals surface area contributed by atoms with Gasteiger partial charge >= 0.3 is 0 Å². The van der Waals surface area contributed by atoms with Crippen molar-refractivity contribution < 1.29 is 27.4 Å². The third-order valence-electron chi connectivity index (χ3n) is 5.51. The molecular formula is C23H33FN4O5S. The number of nitrogens with two attached hydrogens (primary N) is 1. The average Bonchev–Trinajstić information content (AvgIpc) is 2.77. The van der Waals surface area contributed by atoms with Crippen LogP contribution in [0.3, 0.4) is 0 Å². The van der Waals surface area contributed by atoms with Crippen molar-refractivity contribution in [3.63, 3.8) is 0 Å². The van der Waals surface area contributed by atoms with Crippen LogP contribution in [0.15, 0.2) is 35.4 Å². The number of anilines is 1. The van der Waals surface area contributed by atoms with Gasteiger partial charge in [-0.1, -0.05) is 6.07 Å². The molecule has 1 aliphatic rings. The second kappa shape index (κ2) is 11.0. The molecule has 0 bridgehead atoms. The highest BCUT2D eigenvalue weighted by Crippen LogP contribution is 2.27. The molecule has 2 aromatic rings. The Morgan fingerprint density at radius 1 is 1.32 bits per heavy atom. The molecule has 188 valence electrons. The number of β-amino-alcohol motifs (C(OH)–C–C–N with tert-alkyl or cyclic N) is 1. The minimum absolute atomic E-state index is 0.0585. The summed E-state index contributed by atoms with van der Waals surface area (Å²) in [4.78, 5) is 6.34. The molecule has 3 rings (SSSR count). The topological polar surface area (TPSA) is 127 Å². The van der Waals surface area contributed by atoms with Gasteiger partial charge in [-0.2, -0.15) is 0 Å². The Kier molecular flexibility index (Phi) is 8.47. The lowest BCUT2D eigenvalue weighted by molar-refractivity contribution is 0.0978. The summed E-state index contributed by atoms with van der Waals surface area (Å²) in [6, 6.07) is 5.52. The van der Waals surface area contributed by atoms with Crippen molar-refractivity contribution in [2.45, 2.75) is 43.7 Å². The number of nitrogens with zero attached hydrogens (tertiary/aromatic N) is 2. The fraction of sp³-hybridized carbons (Fsp3) is 0.522. The molecule has 9 nitrogen and oxygen atoms in total. The van der Waals surface area contributed by atoms with E-state index in [2.05, 4.69) is 15.2 Å². The number of primary sulfonamides is 1. The molecule has 1 aromatic carbocycles. The summed E-state index contributed by atoms with van der Waals surface area (Å²) in [6.45, 7) is 8.64. The van der Waals surface area contributed by atoms with E-state index >= 15 is 0 Å². The van der Waals surface area contributed by atoms with Crippen LogP contribution in [0.25, 0.3) is 0 Å². The number of sulfonamides is 1. The first kappa shape index (κ1) is 26.3. The third-order valence-corrected chi connectivity index (χ3v) is 6.42. The lowest BCUT2D eigenvalue weighted by Gasteiger charge is -2.30. The number of aliphatic hydroxyl groups excluding tert-OH is 1. The number of hydrogen-bond acceptors (Lipinski definition) is 8. The zero-order chi connectivity index (χ0) is 24.9. The molecule has 0 saturated carbocycles. The van der Waals surface area contributed by atoms with Gasteiger partial charge in [-0.15, -0.1) is 0 Å². The minimum atomic E-state index is -3.97. The Balaban J connectivity index is 1.56. The SMILES string of the molecule is Cc1cnc(N2CCOCC2)c(OC[C@@H](O)CNC(C)(C)Cc2ccc(S(N)(=O)=O)cc2F)c1. The van der Waals surface area contributed by atoms with E-state index < -0.39 is 27.5 Å². The van der Waals surface area contributed by atoms with Gasteiger partial charge in [0.1, 0.15) is 18.5 Å². The second-order valence-electron chi connectivity index (χ2n) is 9.14. The summed E-state index contributed by atoms with van der Waals surface area (Å²) >= 11 is 0. The van der Waals surface area contributed by atoms with E-state index in [9.17, 15) is 17.9 Å². The van der Waals surface area contributed by atoms with Crippen molar-refractivity contribution in [1.29, 1.82) is 0 Å². The van der Waals surface area contributed by atoms with Gasteiger partial charge in [0, 0.05) is 31.4 Å². The average molecular weight is 497 g/mol. The molecule has 1 aromatic heterocycles. The monoisotopic (exact) mass is 496 g/mol. The van der Waals surface area contributed by atoms with Crippen molar-refractivity contribution in [1.82, 2.24) is 10.3 Å². The number of morpholine rings is 1. The largest absolute Gasteiger partial charge is 0.487 e. The van der Waals surface area contributed by atoms with Crippen LogP contribution in [0.4, 0.5) is 10.2 Å². The van der Waals surface area contributed by atoms with E-state index in [4.69, 9.17) is 14.6 Å². The van der Waals surface area contributed by atoms with Crippen LogP contribution in [-0.2, 0) is 21.2 Å². The highest BCUT2D eigenvalue weighted by atomic mass is 32.2. The van der Waals surface area contributed by atoms with E-state index in [0.29, 0.717) is 24.5 Å². The summed E-state index contributed by atoms with van der Waals surface area (Å²) in [6.07, 6.45) is 1.25. The number of aryl methyl sites for hydroxylation is 1. The van der Waals surface area contributed by atoms with Gasteiger partial charge in [0.25, 0.3) is 0 Å². The summed E-state index contributed by atoms with van der Waals surface area (Å²) < 4.78 is 48.5. The van der Waals surface area contributed by atoms with Crippen LogP contribution in [0.2, 0.25) is 0 Å². The Bertz CT molecular complexity index is 1090. The van der Waals surface area contributed by atoms with E-state index in [1.54, 1.807) is 6.20 Å². The third kappa shape index (κ3) is 7.34. The Morgan fingerprint density at radius 3 is 2.68 bits per heavy atom. The number of aromatic nitrogens is 1. The molecule has 34 heavy (non-hydrogen) atoms. The number of nitrogens with one attached hydrogen (secondary N) is 1. The molecule has 1 saturated heterocycles. The van der Waals surface area contributed by atoms with Crippen LogP contribution < -0.4 is 20.1 Å². The fourth-order valence-electron chi connectivity index (χ4n) is 3.68. The Labute approximate surface area is 200 Å². The molecule has 1 atom stereocenters. The molecular weight excluding hydrogens is 463 g/mol. The van der Waals surface area contributed by atoms with Gasteiger partial charge < -0.3 is 24.8 Å². The van der Waals surface area contributed by atoms with Crippen LogP contribution in [-0.4, -0.2) is 69.6 Å². The number of pyridine rings is 1. The summed E-state index contributed by atoms with van der Waals surface area (Å²) in [5.41, 5.74) is 0.724. The zero-order valence-corrected chi connectivity index (χ0v) is 20.6. The molecule has 11 heteroatoms. The minimum Gasteiger partial charge on any atom is -0.487 e. The maximum atomic E-state index is 14.4. The molecule has 0 spiro atoms. The van der Waals surface area contributed by atoms with Crippen molar-refractivity contribution >= 4 is 15.8 Å². The predicted octanol–water partition coefficient (Wildman–Crippen LogP) is 1.36. The highest BCUT2D eigenvalue weighted by Gasteiger charge is 2.23. The maximum absolute atomic E-state index is 14.4. The van der Waals surface area contributed by atoms with Crippen LogP contribution in [0.5, 0.6) is 5.75 Å². The van der Waals surface area contributed by atoms with E-state index in [1.807, 2.05) is 26.8 Å². The van der Waals surface area contributed by atoms with Gasteiger partial charge in [-0.3, -0.25) is 0 Å². The number of ether oxygens (including phenoxy) is 2. The molecule has 0 aliphatic carbocycles. The fourth-order valence-corrected chi connectivity index (χ4v) is 4.21. The second-order valence-corrected chi connectivity index (χ2v) is 10.7. The summed E-state index contributed by atoms with van der Waals surface area (Å²) in [5, 5.41) is 18.8. The number of rotatable bonds is 10. The standard InChI is InChI=1S/C23H33FN4O5S/c1-16-10-21(22(26-13-16)28-6-8-32-9-7-28)33-15-18(29)14-27-23(2,3)12-17-4-5-19(11-20(17)24)34(25,30)31/h4-5,10-11,13,18,27,29H,6-9,12,14-15H2,1-3H3,(H2,25,30,31)/t18-/m0/s1. The molecule has 1 fully saturated rings. The summed E-state index contributed by atoms with van der Waals surface area (Å²) in [5.74, 6) is 0.693. The first-order valence-electron chi connectivity index (χ1n) is 11.1. The van der Waals surface area contributed by atoms with Crippen LogP contribution in [0.1, 0.15) is 25.0 Å². The number of hydrogen-bond donors (Lipinski definition) is 3. The smallest absolute Gasteiger partial charge is 0.238 e. The molecule has 2 heterocycles. The first-order valence-corrected chi connectivity index (χ1v) is 12.7. The van der Waals surface area contributed by atoms with Gasteiger partial charge in [-0.05, 0) is 56.5 Å². The van der Waals surface area contributed by atoms with Crippen molar-refractivity contribution in [3.05, 3.63) is 47.4 Å². The van der Waals surface area contributed by atoms with Crippen LogP contribution >= 0.6 is 0 Å². The van der Waals surface area contributed by atoms with Gasteiger partial charge in [0.05, 0.1) is 18.1 Å². The van der Waals surface area contributed by atoms with Crippen LogP contribution in [0, 0.1) is 12.7 Å². The Hall–Kier alpha value is -2.31. The van der Waals surface area contributed by atoms with Gasteiger partial charge in [-0.25, -0.2) is 22.9 Å². The molecule has 0 radical (unpaired) electrons. The van der Waals surface area contributed by atoms with Crippen molar-refractivity contribution in [2.75, 3.05) is 44.4 Å². The normalized spacial score (nSPS) is 15.9. The lowest BCUT2D eigenvalue weighted by atomic mass is 9.94. The quantitative estimate of drug-likeness (QED) is 0.450. The van der Waals surface area contributed by atoms with E-state index in [-0.39, 0.29) is 24.5 Å². The lowest BCUT2D eigenvalue weighted by Crippen LogP contribution is -2.46. The first-order chi connectivity index (χ1) is 15.9. The molecule has 1 aliphatic heterocycles. The predicted molar refractivity (Wildman–Crippen MR) is 127 cm³/mol.